The first-order chi connectivity index (χ1) is 14.3. The standard InChI is InChI=1S/C20H27N3O5S2/c1-14-11-22(12-15(2)27-14)19(24)13-29-20-21-17-10-16(6-7-18(17)28-20)30(25,26)23-8-4-3-5-9-23/h6-7,10,14-15H,3-5,8-9,11-13H2,1-2H3/t14-,15-/m1/s1. The number of hydrogen-bond acceptors (Lipinski definition) is 7. The van der Waals surface area contributed by atoms with Crippen LogP contribution in [-0.2, 0) is 19.6 Å². The van der Waals surface area contributed by atoms with E-state index in [2.05, 4.69) is 4.98 Å². The summed E-state index contributed by atoms with van der Waals surface area (Å²) in [5.74, 6) is 0.225. The van der Waals surface area contributed by atoms with Crippen LogP contribution in [0.2, 0.25) is 0 Å². The maximum absolute atomic E-state index is 12.9. The highest BCUT2D eigenvalue weighted by molar-refractivity contribution is 7.99. The van der Waals surface area contributed by atoms with Gasteiger partial charge in [-0.15, -0.1) is 0 Å². The fourth-order valence-corrected chi connectivity index (χ4v) is 6.24. The van der Waals surface area contributed by atoms with Crippen LogP contribution in [0.4, 0.5) is 0 Å². The fourth-order valence-electron chi connectivity index (χ4n) is 3.96. The van der Waals surface area contributed by atoms with E-state index in [4.69, 9.17) is 9.15 Å². The minimum absolute atomic E-state index is 0.0117. The maximum atomic E-state index is 12.9. The molecule has 2 saturated heterocycles. The van der Waals surface area contributed by atoms with E-state index in [1.807, 2.05) is 13.8 Å². The van der Waals surface area contributed by atoms with Crippen molar-refractivity contribution in [3.63, 3.8) is 0 Å². The molecule has 10 heteroatoms. The van der Waals surface area contributed by atoms with Crippen LogP contribution in [0.15, 0.2) is 32.7 Å². The normalized spacial score (nSPS) is 23.7. The van der Waals surface area contributed by atoms with Gasteiger partial charge in [-0.1, -0.05) is 18.2 Å². The lowest BCUT2D eigenvalue weighted by molar-refractivity contribution is -0.140. The number of fused-ring (bicyclic) bond motifs is 1. The average molecular weight is 454 g/mol. The number of oxazole rings is 1. The van der Waals surface area contributed by atoms with Crippen molar-refractivity contribution >= 4 is 38.8 Å². The zero-order valence-corrected chi connectivity index (χ0v) is 18.9. The molecule has 0 unspecified atom stereocenters. The highest BCUT2D eigenvalue weighted by Gasteiger charge is 2.28. The van der Waals surface area contributed by atoms with Crippen LogP contribution in [0.5, 0.6) is 0 Å². The van der Waals surface area contributed by atoms with Gasteiger partial charge in [-0.2, -0.15) is 4.31 Å². The van der Waals surface area contributed by atoms with Crippen molar-refractivity contribution in [2.45, 2.75) is 55.4 Å². The number of ether oxygens (including phenoxy) is 1. The van der Waals surface area contributed by atoms with Gasteiger partial charge in [0.2, 0.25) is 15.9 Å². The Morgan fingerprint density at radius 1 is 1.17 bits per heavy atom. The van der Waals surface area contributed by atoms with Crippen LogP contribution in [-0.4, -0.2) is 72.7 Å². The van der Waals surface area contributed by atoms with Crippen LogP contribution in [0.3, 0.4) is 0 Å². The first-order valence-corrected chi connectivity index (χ1v) is 12.7. The van der Waals surface area contributed by atoms with Crippen molar-refractivity contribution in [2.75, 3.05) is 31.9 Å². The molecule has 2 aliphatic heterocycles. The molecule has 1 aromatic heterocycles. The Bertz CT molecular complexity index is 1010. The van der Waals surface area contributed by atoms with E-state index in [0.717, 1.165) is 19.3 Å². The molecule has 0 saturated carbocycles. The quantitative estimate of drug-likeness (QED) is 0.643. The fraction of sp³-hybridized carbons (Fsp3) is 0.600. The number of piperidine rings is 1. The van der Waals surface area contributed by atoms with Crippen molar-refractivity contribution < 1.29 is 22.4 Å². The number of carbonyl (C=O) groups excluding carboxylic acids is 1. The van der Waals surface area contributed by atoms with Crippen LogP contribution >= 0.6 is 11.8 Å². The van der Waals surface area contributed by atoms with Gasteiger partial charge in [0.25, 0.3) is 5.22 Å². The number of nitrogens with zero attached hydrogens (tertiary/aromatic N) is 3. The van der Waals surface area contributed by atoms with Crippen LogP contribution in [0, 0.1) is 0 Å². The van der Waals surface area contributed by atoms with Gasteiger partial charge in [0, 0.05) is 26.2 Å². The second kappa shape index (κ2) is 8.86. The molecule has 0 aliphatic carbocycles. The summed E-state index contributed by atoms with van der Waals surface area (Å²) in [5, 5.41) is 0.361. The summed E-state index contributed by atoms with van der Waals surface area (Å²) < 4.78 is 38.7. The summed E-state index contributed by atoms with van der Waals surface area (Å²) in [5.41, 5.74) is 0.993. The summed E-state index contributed by atoms with van der Waals surface area (Å²) in [7, 11) is -3.52. The van der Waals surface area contributed by atoms with Gasteiger partial charge in [-0.05, 0) is 44.9 Å². The number of benzene rings is 1. The van der Waals surface area contributed by atoms with Gasteiger partial charge in [0.15, 0.2) is 5.58 Å². The number of carbonyl (C=O) groups is 1. The highest BCUT2D eigenvalue weighted by Crippen LogP contribution is 2.28. The molecule has 2 aromatic rings. The van der Waals surface area contributed by atoms with Gasteiger partial charge < -0.3 is 14.1 Å². The topological polar surface area (TPSA) is 93.0 Å². The molecular formula is C20H27N3O5S2. The van der Waals surface area contributed by atoms with Crippen LogP contribution < -0.4 is 0 Å². The van der Waals surface area contributed by atoms with Gasteiger partial charge in [-0.3, -0.25) is 4.79 Å². The van der Waals surface area contributed by atoms with E-state index in [-0.39, 0.29) is 28.8 Å². The maximum Gasteiger partial charge on any atom is 0.257 e. The third kappa shape index (κ3) is 4.66. The zero-order chi connectivity index (χ0) is 21.3. The summed E-state index contributed by atoms with van der Waals surface area (Å²) in [6, 6.07) is 4.75. The number of thioether (sulfide) groups is 1. The van der Waals surface area contributed by atoms with E-state index in [1.165, 1.54) is 16.1 Å². The Morgan fingerprint density at radius 3 is 2.57 bits per heavy atom. The summed E-state index contributed by atoms with van der Waals surface area (Å²) in [6.45, 7) is 6.19. The van der Waals surface area contributed by atoms with E-state index in [9.17, 15) is 13.2 Å². The first kappa shape index (κ1) is 21.6. The molecule has 2 aliphatic rings. The van der Waals surface area contributed by atoms with Crippen molar-refractivity contribution in [1.82, 2.24) is 14.2 Å². The number of morpholine rings is 1. The third-order valence-corrected chi connectivity index (χ3v) is 8.09. The monoisotopic (exact) mass is 453 g/mol. The van der Waals surface area contributed by atoms with E-state index in [0.29, 0.717) is 42.5 Å². The lowest BCUT2D eigenvalue weighted by Crippen LogP contribution is -2.48. The lowest BCUT2D eigenvalue weighted by Gasteiger charge is -2.35. The summed E-state index contributed by atoms with van der Waals surface area (Å²) >= 11 is 1.22. The number of amides is 1. The molecule has 164 valence electrons. The van der Waals surface area contributed by atoms with E-state index in [1.54, 1.807) is 23.1 Å². The van der Waals surface area contributed by atoms with Gasteiger partial charge in [-0.25, -0.2) is 13.4 Å². The Kier molecular flexibility index (Phi) is 6.38. The highest BCUT2D eigenvalue weighted by atomic mass is 32.2. The second-order valence-electron chi connectivity index (χ2n) is 7.92. The lowest BCUT2D eigenvalue weighted by atomic mass is 10.2. The molecule has 3 heterocycles. The van der Waals surface area contributed by atoms with Gasteiger partial charge >= 0.3 is 0 Å². The Labute approximate surface area is 181 Å². The predicted molar refractivity (Wildman–Crippen MR) is 114 cm³/mol. The van der Waals surface area contributed by atoms with Crippen molar-refractivity contribution in [3.8, 4) is 0 Å². The first-order valence-electron chi connectivity index (χ1n) is 10.3. The van der Waals surface area contributed by atoms with Crippen LogP contribution in [0.25, 0.3) is 11.1 Å². The molecule has 0 bridgehead atoms. The Morgan fingerprint density at radius 2 is 1.87 bits per heavy atom. The Hall–Kier alpha value is -1.62. The molecule has 2 fully saturated rings. The van der Waals surface area contributed by atoms with Crippen LogP contribution in [0.1, 0.15) is 33.1 Å². The zero-order valence-electron chi connectivity index (χ0n) is 17.2. The number of rotatable bonds is 5. The number of aromatic nitrogens is 1. The minimum Gasteiger partial charge on any atom is -0.431 e. The molecule has 30 heavy (non-hydrogen) atoms. The molecule has 8 nitrogen and oxygen atoms in total. The van der Waals surface area contributed by atoms with Crippen molar-refractivity contribution in [2.24, 2.45) is 0 Å². The van der Waals surface area contributed by atoms with Crippen molar-refractivity contribution in [1.29, 1.82) is 0 Å². The van der Waals surface area contributed by atoms with E-state index < -0.39 is 10.0 Å². The molecule has 0 spiro atoms. The van der Waals surface area contributed by atoms with Gasteiger partial charge in [0.05, 0.1) is 22.9 Å². The summed E-state index contributed by atoms with van der Waals surface area (Å²) in [6.07, 6.45) is 2.89. The smallest absolute Gasteiger partial charge is 0.257 e. The largest absolute Gasteiger partial charge is 0.431 e. The van der Waals surface area contributed by atoms with Gasteiger partial charge in [0.1, 0.15) is 5.52 Å². The average Bonchev–Trinajstić information content (AvgIpc) is 3.14. The molecule has 1 amide bonds. The van der Waals surface area contributed by atoms with E-state index >= 15 is 0 Å². The second-order valence-corrected chi connectivity index (χ2v) is 10.8. The summed E-state index contributed by atoms with van der Waals surface area (Å²) in [4.78, 5) is 19.0. The molecule has 2 atom stereocenters. The molecule has 4 rings (SSSR count). The SMILES string of the molecule is C[C@@H]1CN(C(=O)CSc2nc3cc(S(=O)(=O)N4CCCCC4)ccc3o2)C[C@@H](C)O1. The third-order valence-electron chi connectivity index (χ3n) is 5.38. The molecule has 0 N–H and O–H groups in total. The predicted octanol–water partition coefficient (Wildman–Crippen LogP) is 2.73. The molecular weight excluding hydrogens is 426 g/mol. The van der Waals surface area contributed by atoms with Crippen molar-refractivity contribution in [3.05, 3.63) is 18.2 Å². The Balaban J connectivity index is 1.44. The number of sulfonamides is 1. The minimum atomic E-state index is -3.52. The molecule has 1 aromatic carbocycles. The molecule has 0 radical (unpaired) electrons. The number of hydrogen-bond donors (Lipinski definition) is 0.